The number of aromatic hydroxyl groups is 1. The van der Waals surface area contributed by atoms with Gasteiger partial charge in [-0.3, -0.25) is 5.32 Å². The van der Waals surface area contributed by atoms with E-state index in [2.05, 4.69) is 5.32 Å². The molecule has 2 aromatic carbocycles. The summed E-state index contributed by atoms with van der Waals surface area (Å²) < 4.78 is 10.7. The Morgan fingerprint density at radius 3 is 2.35 bits per heavy atom. The number of hydrogen-bond donors (Lipinski definition) is 3. The lowest BCUT2D eigenvalue weighted by atomic mass is 9.78. The summed E-state index contributed by atoms with van der Waals surface area (Å²) in [7, 11) is 3.09. The lowest BCUT2D eigenvalue weighted by molar-refractivity contribution is -0.145. The molecule has 3 N–H and O–H groups in total. The fraction of sp³-hybridized carbons (Fsp3) is 0.316. The van der Waals surface area contributed by atoms with Crippen LogP contribution in [-0.2, 0) is 23.2 Å². The van der Waals surface area contributed by atoms with Crippen molar-refractivity contribution in [3.63, 3.8) is 0 Å². The van der Waals surface area contributed by atoms with E-state index in [1.165, 1.54) is 7.11 Å². The van der Waals surface area contributed by atoms with Gasteiger partial charge in [-0.05, 0) is 47.4 Å². The van der Waals surface area contributed by atoms with Crippen molar-refractivity contribution in [2.24, 2.45) is 0 Å². The number of benzene rings is 2. The minimum atomic E-state index is -1.26. The van der Waals surface area contributed by atoms with Crippen LogP contribution < -0.4 is 14.8 Å². The zero-order valence-electron chi connectivity index (χ0n) is 14.6. The molecule has 6 nitrogen and oxygen atoms in total. The highest BCUT2D eigenvalue weighted by atomic mass is 35.5. The number of hydrogen-bond acceptors (Lipinski definition) is 5. The second-order valence-corrected chi connectivity index (χ2v) is 6.09. The zero-order chi connectivity index (χ0) is 18.0. The number of halogens is 1. The van der Waals surface area contributed by atoms with Gasteiger partial charge in [-0.2, -0.15) is 0 Å². The number of fused-ring (bicyclic) bond motifs is 1. The number of carbonyl (C=O) groups is 1. The summed E-state index contributed by atoms with van der Waals surface area (Å²) in [6.45, 7) is 0.548. The van der Waals surface area contributed by atoms with Crippen molar-refractivity contribution in [3.05, 3.63) is 53.1 Å². The number of rotatable bonds is 5. The summed E-state index contributed by atoms with van der Waals surface area (Å²) in [5.41, 5.74) is 1.16. The molecule has 2 aromatic rings. The summed E-state index contributed by atoms with van der Waals surface area (Å²) in [5.74, 6) is 0.290. The van der Waals surface area contributed by atoms with Crippen molar-refractivity contribution in [2.45, 2.75) is 18.4 Å². The summed E-state index contributed by atoms with van der Waals surface area (Å²) in [6.07, 6.45) is 0.964. The number of carboxylic acids is 1. The van der Waals surface area contributed by atoms with Crippen molar-refractivity contribution in [1.82, 2.24) is 5.32 Å². The molecule has 1 unspecified atom stereocenters. The van der Waals surface area contributed by atoms with Gasteiger partial charge < -0.3 is 19.7 Å². The van der Waals surface area contributed by atoms with Crippen molar-refractivity contribution in [1.29, 1.82) is 0 Å². The van der Waals surface area contributed by atoms with Gasteiger partial charge >= 0.3 is 5.97 Å². The molecule has 0 aliphatic carbocycles. The SMILES string of the molecule is COc1cc2c(cc1OC)C(Cc1ccc(O)cc1)(C(=O)O)NCC2.Cl. The lowest BCUT2D eigenvalue weighted by Gasteiger charge is -2.37. The van der Waals surface area contributed by atoms with Gasteiger partial charge in [0.1, 0.15) is 11.3 Å². The minimum absolute atomic E-state index is 0. The number of carboxylic acid groups (broad SMARTS) is 1. The molecule has 140 valence electrons. The predicted molar refractivity (Wildman–Crippen MR) is 99.6 cm³/mol. The summed E-state index contributed by atoms with van der Waals surface area (Å²) in [4.78, 5) is 12.3. The Labute approximate surface area is 158 Å². The van der Waals surface area contributed by atoms with Crippen molar-refractivity contribution >= 4 is 18.4 Å². The van der Waals surface area contributed by atoms with E-state index in [1.807, 2.05) is 6.07 Å². The van der Waals surface area contributed by atoms with Gasteiger partial charge in [0.2, 0.25) is 0 Å². The van der Waals surface area contributed by atoms with E-state index in [4.69, 9.17) is 9.47 Å². The first-order valence-corrected chi connectivity index (χ1v) is 8.02. The number of methoxy groups -OCH3 is 2. The maximum atomic E-state index is 12.3. The topological polar surface area (TPSA) is 88.0 Å². The molecule has 0 aromatic heterocycles. The molecule has 0 fully saturated rings. The quantitative estimate of drug-likeness (QED) is 0.739. The fourth-order valence-corrected chi connectivity index (χ4v) is 3.38. The maximum Gasteiger partial charge on any atom is 0.328 e. The Morgan fingerprint density at radius 2 is 1.77 bits per heavy atom. The molecule has 0 radical (unpaired) electrons. The molecular formula is C19H22ClNO5. The zero-order valence-corrected chi connectivity index (χ0v) is 15.4. The van der Waals surface area contributed by atoms with Gasteiger partial charge in [-0.15, -0.1) is 12.4 Å². The standard InChI is InChI=1S/C19H21NO5.ClH/c1-24-16-9-13-7-8-20-19(18(22)23,15(13)10-17(16)25-2)11-12-3-5-14(21)6-4-12;/h3-6,9-10,20-21H,7-8,11H2,1-2H3,(H,22,23);1H. The molecule has 0 spiro atoms. The number of phenols is 1. The van der Waals surface area contributed by atoms with Gasteiger partial charge in [0.15, 0.2) is 11.5 Å². The predicted octanol–water partition coefficient (Wildman–Crippen LogP) is 2.50. The highest BCUT2D eigenvalue weighted by molar-refractivity contribution is 5.85. The van der Waals surface area contributed by atoms with E-state index < -0.39 is 11.5 Å². The van der Waals surface area contributed by atoms with Gasteiger partial charge in [-0.25, -0.2) is 4.79 Å². The van der Waals surface area contributed by atoms with Crippen LogP contribution in [0.15, 0.2) is 36.4 Å². The van der Waals surface area contributed by atoms with E-state index >= 15 is 0 Å². The molecule has 1 atom stereocenters. The molecule has 3 rings (SSSR count). The Morgan fingerprint density at radius 1 is 1.15 bits per heavy atom. The Balaban J connectivity index is 0.00000243. The molecular weight excluding hydrogens is 358 g/mol. The van der Waals surface area contributed by atoms with E-state index in [0.717, 1.165) is 11.1 Å². The van der Waals surface area contributed by atoms with Crippen LogP contribution in [0, 0.1) is 0 Å². The Bertz CT molecular complexity index is 793. The van der Waals surface area contributed by atoms with Gasteiger partial charge in [0.05, 0.1) is 14.2 Å². The average molecular weight is 380 g/mol. The molecule has 0 saturated carbocycles. The maximum absolute atomic E-state index is 12.3. The minimum Gasteiger partial charge on any atom is -0.508 e. The van der Waals surface area contributed by atoms with Gasteiger partial charge in [-0.1, -0.05) is 12.1 Å². The molecule has 1 aliphatic heterocycles. The second-order valence-electron chi connectivity index (χ2n) is 6.09. The molecule has 0 amide bonds. The van der Waals surface area contributed by atoms with Crippen LogP contribution >= 0.6 is 12.4 Å². The third-order valence-corrected chi connectivity index (χ3v) is 4.66. The molecule has 26 heavy (non-hydrogen) atoms. The van der Waals surface area contributed by atoms with Crippen LogP contribution in [-0.4, -0.2) is 36.9 Å². The van der Waals surface area contributed by atoms with Gasteiger partial charge in [0.25, 0.3) is 0 Å². The molecule has 0 bridgehead atoms. The first-order valence-electron chi connectivity index (χ1n) is 8.02. The van der Waals surface area contributed by atoms with Crippen molar-refractivity contribution in [3.8, 4) is 17.2 Å². The van der Waals surface area contributed by atoms with E-state index in [-0.39, 0.29) is 24.6 Å². The number of nitrogens with one attached hydrogen (secondary N) is 1. The van der Waals surface area contributed by atoms with Crippen LogP contribution in [0.4, 0.5) is 0 Å². The molecule has 7 heteroatoms. The average Bonchev–Trinajstić information content (AvgIpc) is 2.62. The normalized spacial score (nSPS) is 18.4. The molecule has 1 aliphatic rings. The van der Waals surface area contributed by atoms with E-state index in [1.54, 1.807) is 37.4 Å². The Hall–Kier alpha value is -2.44. The fourth-order valence-electron chi connectivity index (χ4n) is 3.38. The summed E-state index contributed by atoms with van der Waals surface area (Å²) in [6, 6.07) is 10.2. The van der Waals surface area contributed by atoms with Crippen LogP contribution in [0.3, 0.4) is 0 Å². The van der Waals surface area contributed by atoms with Crippen LogP contribution in [0.2, 0.25) is 0 Å². The molecule has 1 heterocycles. The Kier molecular flexibility index (Phi) is 6.00. The monoisotopic (exact) mass is 379 g/mol. The van der Waals surface area contributed by atoms with Crippen LogP contribution in [0.25, 0.3) is 0 Å². The third-order valence-electron chi connectivity index (χ3n) is 4.66. The van der Waals surface area contributed by atoms with Gasteiger partial charge in [0, 0.05) is 13.0 Å². The van der Waals surface area contributed by atoms with Crippen molar-refractivity contribution in [2.75, 3.05) is 20.8 Å². The van der Waals surface area contributed by atoms with Crippen LogP contribution in [0.5, 0.6) is 17.2 Å². The molecule has 0 saturated heterocycles. The first kappa shape index (κ1) is 19.9. The second kappa shape index (κ2) is 7.85. The highest BCUT2D eigenvalue weighted by Crippen LogP contribution is 2.39. The largest absolute Gasteiger partial charge is 0.508 e. The highest BCUT2D eigenvalue weighted by Gasteiger charge is 2.44. The van der Waals surface area contributed by atoms with Crippen LogP contribution in [0.1, 0.15) is 16.7 Å². The smallest absolute Gasteiger partial charge is 0.328 e. The third kappa shape index (κ3) is 3.43. The number of ether oxygens (including phenoxy) is 2. The lowest BCUT2D eigenvalue weighted by Crippen LogP contribution is -2.54. The summed E-state index contributed by atoms with van der Waals surface area (Å²) >= 11 is 0. The number of aliphatic carboxylic acids is 1. The number of phenolic OH excluding ortho intramolecular Hbond substituents is 1. The first-order chi connectivity index (χ1) is 12.0. The van der Waals surface area contributed by atoms with E-state index in [0.29, 0.717) is 30.0 Å². The summed E-state index contributed by atoms with van der Waals surface area (Å²) in [5, 5.41) is 22.7. The van der Waals surface area contributed by atoms with E-state index in [9.17, 15) is 15.0 Å². The van der Waals surface area contributed by atoms with Crippen molar-refractivity contribution < 1.29 is 24.5 Å².